The van der Waals surface area contributed by atoms with Gasteiger partial charge in [-0.3, -0.25) is 14.7 Å². The lowest BCUT2D eigenvalue weighted by molar-refractivity contribution is -0.119. The summed E-state index contributed by atoms with van der Waals surface area (Å²) >= 11 is 7.59. The fourth-order valence-electron chi connectivity index (χ4n) is 2.78. The third kappa shape index (κ3) is 4.60. The molecule has 0 bridgehead atoms. The number of thioether (sulfide) groups is 1. The summed E-state index contributed by atoms with van der Waals surface area (Å²) in [6.07, 6.45) is 0. The summed E-state index contributed by atoms with van der Waals surface area (Å²) in [5.41, 5.74) is 8.74. The van der Waals surface area contributed by atoms with E-state index in [1.165, 1.54) is 11.8 Å². The van der Waals surface area contributed by atoms with Crippen molar-refractivity contribution in [2.24, 2.45) is 5.73 Å². The van der Waals surface area contributed by atoms with Gasteiger partial charge in [-0.05, 0) is 50.1 Å². The quantitative estimate of drug-likeness (QED) is 0.599. The molecule has 3 amide bonds. The normalized spacial score (nSPS) is 11.9. The van der Waals surface area contributed by atoms with E-state index in [1.807, 2.05) is 54.8 Å². The SMILES string of the molecule is Cc1ccc(C)c(-n2c(S[C@@H](C)C(=O)NC(N)=O)nnc2-c2ccccc2Cl)c1. The van der Waals surface area contributed by atoms with Crippen LogP contribution in [0, 0.1) is 13.8 Å². The van der Waals surface area contributed by atoms with Gasteiger partial charge in [0.25, 0.3) is 0 Å². The van der Waals surface area contributed by atoms with Gasteiger partial charge in [0.05, 0.1) is 16.0 Å². The van der Waals surface area contributed by atoms with Crippen LogP contribution in [-0.2, 0) is 4.79 Å². The van der Waals surface area contributed by atoms with Gasteiger partial charge in [-0.2, -0.15) is 0 Å². The molecule has 1 heterocycles. The van der Waals surface area contributed by atoms with Crippen LogP contribution in [0.2, 0.25) is 5.02 Å². The molecule has 150 valence electrons. The summed E-state index contributed by atoms with van der Waals surface area (Å²) in [7, 11) is 0. The van der Waals surface area contributed by atoms with Gasteiger partial charge in [-0.1, -0.05) is 47.6 Å². The average Bonchev–Trinajstić information content (AvgIpc) is 3.06. The average molecular weight is 430 g/mol. The van der Waals surface area contributed by atoms with Crippen LogP contribution < -0.4 is 11.1 Å². The maximum Gasteiger partial charge on any atom is 0.318 e. The third-order valence-corrected chi connectivity index (χ3v) is 5.62. The number of aromatic nitrogens is 3. The predicted octanol–water partition coefficient (Wildman–Crippen LogP) is 3.88. The van der Waals surface area contributed by atoms with Crippen molar-refractivity contribution < 1.29 is 9.59 Å². The number of imide groups is 1. The molecule has 2 aromatic carbocycles. The Morgan fingerprint density at radius 1 is 1.17 bits per heavy atom. The highest BCUT2D eigenvalue weighted by molar-refractivity contribution is 8.00. The largest absolute Gasteiger partial charge is 0.351 e. The van der Waals surface area contributed by atoms with E-state index in [0.717, 1.165) is 22.4 Å². The van der Waals surface area contributed by atoms with Crippen LogP contribution in [0.25, 0.3) is 17.1 Å². The number of hydrogen-bond donors (Lipinski definition) is 2. The number of carbonyl (C=O) groups is 2. The minimum atomic E-state index is -0.893. The minimum absolute atomic E-state index is 0.501. The molecule has 1 aromatic heterocycles. The van der Waals surface area contributed by atoms with E-state index in [9.17, 15) is 9.59 Å². The first-order valence-electron chi connectivity index (χ1n) is 8.83. The second-order valence-corrected chi connectivity index (χ2v) is 8.24. The molecule has 0 unspecified atom stereocenters. The van der Waals surface area contributed by atoms with Crippen LogP contribution in [0.3, 0.4) is 0 Å². The second kappa shape index (κ2) is 8.67. The first-order valence-corrected chi connectivity index (χ1v) is 10.1. The number of aryl methyl sites for hydroxylation is 2. The molecule has 0 aliphatic heterocycles. The monoisotopic (exact) mass is 429 g/mol. The molecule has 29 heavy (non-hydrogen) atoms. The first kappa shape index (κ1) is 20.9. The number of urea groups is 1. The Labute approximate surface area is 177 Å². The van der Waals surface area contributed by atoms with E-state index >= 15 is 0 Å². The van der Waals surface area contributed by atoms with Crippen LogP contribution in [-0.4, -0.2) is 32.0 Å². The number of nitrogens with two attached hydrogens (primary N) is 1. The van der Waals surface area contributed by atoms with Crippen molar-refractivity contribution >= 4 is 35.3 Å². The van der Waals surface area contributed by atoms with Gasteiger partial charge in [-0.25, -0.2) is 4.79 Å². The minimum Gasteiger partial charge on any atom is -0.351 e. The molecule has 0 aliphatic carbocycles. The van der Waals surface area contributed by atoms with Gasteiger partial charge in [0.15, 0.2) is 11.0 Å². The molecule has 0 saturated heterocycles. The summed E-state index contributed by atoms with van der Waals surface area (Å²) in [5.74, 6) is 0.0617. The van der Waals surface area contributed by atoms with E-state index in [4.69, 9.17) is 17.3 Å². The fraction of sp³-hybridized carbons (Fsp3) is 0.200. The number of primary amides is 1. The number of rotatable bonds is 5. The number of nitrogens with one attached hydrogen (secondary N) is 1. The molecule has 3 N–H and O–H groups in total. The number of benzene rings is 2. The Kier molecular flexibility index (Phi) is 6.24. The van der Waals surface area contributed by atoms with E-state index < -0.39 is 17.2 Å². The van der Waals surface area contributed by atoms with E-state index in [-0.39, 0.29) is 0 Å². The number of hydrogen-bond acceptors (Lipinski definition) is 5. The lowest BCUT2D eigenvalue weighted by atomic mass is 10.1. The number of carbonyl (C=O) groups excluding carboxylic acids is 2. The summed E-state index contributed by atoms with van der Waals surface area (Å²) < 4.78 is 1.88. The van der Waals surface area contributed by atoms with Gasteiger partial charge in [0.1, 0.15) is 0 Å². The molecule has 0 fully saturated rings. The highest BCUT2D eigenvalue weighted by Gasteiger charge is 2.24. The van der Waals surface area contributed by atoms with Gasteiger partial charge < -0.3 is 5.73 Å². The maximum atomic E-state index is 12.1. The van der Waals surface area contributed by atoms with Crippen LogP contribution in [0.1, 0.15) is 18.1 Å². The molecule has 0 radical (unpaired) electrons. The second-order valence-electron chi connectivity index (χ2n) is 6.52. The molecule has 1 atom stereocenters. The lowest BCUT2D eigenvalue weighted by Crippen LogP contribution is -2.39. The number of amides is 3. The van der Waals surface area contributed by atoms with Crippen molar-refractivity contribution in [2.75, 3.05) is 0 Å². The molecule has 0 spiro atoms. The molecular formula is C20H20ClN5O2S. The first-order chi connectivity index (χ1) is 13.8. The van der Waals surface area contributed by atoms with Gasteiger partial charge in [0.2, 0.25) is 5.91 Å². The highest BCUT2D eigenvalue weighted by atomic mass is 35.5. The van der Waals surface area contributed by atoms with Gasteiger partial charge in [0, 0.05) is 5.56 Å². The standard InChI is InChI=1S/C20H20ClN5O2S/c1-11-8-9-12(2)16(10-11)26-17(14-6-4-5-7-15(14)21)24-25-20(26)29-13(3)18(27)23-19(22)28/h4-10,13H,1-3H3,(H3,22,23,27,28)/t13-/m0/s1. The van der Waals surface area contributed by atoms with Crippen molar-refractivity contribution in [3.05, 3.63) is 58.6 Å². The van der Waals surface area contributed by atoms with Gasteiger partial charge in [-0.15, -0.1) is 10.2 Å². The number of halogens is 1. The molecular weight excluding hydrogens is 410 g/mol. The van der Waals surface area contributed by atoms with E-state index in [2.05, 4.69) is 15.5 Å². The van der Waals surface area contributed by atoms with Gasteiger partial charge >= 0.3 is 6.03 Å². The summed E-state index contributed by atoms with van der Waals surface area (Å²) in [4.78, 5) is 23.1. The summed E-state index contributed by atoms with van der Waals surface area (Å²) in [6, 6.07) is 12.5. The third-order valence-electron chi connectivity index (χ3n) is 4.25. The molecule has 0 aliphatic rings. The highest BCUT2D eigenvalue weighted by Crippen LogP contribution is 2.34. The van der Waals surface area contributed by atoms with Crippen LogP contribution in [0.15, 0.2) is 47.6 Å². The van der Waals surface area contributed by atoms with Crippen LogP contribution in [0.4, 0.5) is 4.79 Å². The zero-order valence-electron chi connectivity index (χ0n) is 16.1. The Hall–Kier alpha value is -2.84. The molecule has 0 saturated carbocycles. The molecule has 3 aromatic rings. The molecule has 9 heteroatoms. The molecule has 3 rings (SSSR count). The Balaban J connectivity index is 2.13. The van der Waals surface area contributed by atoms with E-state index in [1.54, 1.807) is 13.0 Å². The van der Waals surface area contributed by atoms with Crippen molar-refractivity contribution in [1.82, 2.24) is 20.1 Å². The Bertz CT molecular complexity index is 1080. The van der Waals surface area contributed by atoms with Crippen molar-refractivity contribution in [3.63, 3.8) is 0 Å². The maximum absolute atomic E-state index is 12.1. The Morgan fingerprint density at radius 2 is 1.90 bits per heavy atom. The predicted molar refractivity (Wildman–Crippen MR) is 114 cm³/mol. The topological polar surface area (TPSA) is 103 Å². The smallest absolute Gasteiger partial charge is 0.318 e. The summed E-state index contributed by atoms with van der Waals surface area (Å²) in [6.45, 7) is 5.65. The lowest BCUT2D eigenvalue weighted by Gasteiger charge is -2.16. The fourth-order valence-corrected chi connectivity index (χ4v) is 3.86. The van der Waals surface area contributed by atoms with Crippen molar-refractivity contribution in [2.45, 2.75) is 31.2 Å². The van der Waals surface area contributed by atoms with Crippen LogP contribution in [0.5, 0.6) is 0 Å². The molecule has 7 nitrogen and oxygen atoms in total. The van der Waals surface area contributed by atoms with E-state index in [0.29, 0.717) is 16.0 Å². The van der Waals surface area contributed by atoms with Crippen molar-refractivity contribution in [3.8, 4) is 17.1 Å². The summed E-state index contributed by atoms with van der Waals surface area (Å²) in [5, 5.41) is 11.2. The zero-order valence-corrected chi connectivity index (χ0v) is 17.7. The number of nitrogens with zero attached hydrogens (tertiary/aromatic N) is 3. The van der Waals surface area contributed by atoms with Crippen molar-refractivity contribution in [1.29, 1.82) is 0 Å². The van der Waals surface area contributed by atoms with Crippen LogP contribution >= 0.6 is 23.4 Å². The zero-order chi connectivity index (χ0) is 21.1. The Morgan fingerprint density at radius 3 is 2.59 bits per heavy atom.